The van der Waals surface area contributed by atoms with Gasteiger partial charge in [0.25, 0.3) is 0 Å². The van der Waals surface area contributed by atoms with Crippen molar-refractivity contribution in [1.82, 2.24) is 15.1 Å². The van der Waals surface area contributed by atoms with Gasteiger partial charge in [0.15, 0.2) is 0 Å². The fourth-order valence-corrected chi connectivity index (χ4v) is 2.64. The number of piperazine rings is 1. The van der Waals surface area contributed by atoms with Crippen molar-refractivity contribution < 1.29 is 4.79 Å². The minimum atomic E-state index is -0.445. The van der Waals surface area contributed by atoms with E-state index >= 15 is 0 Å². The largest absolute Gasteiger partial charge is 0.339 e. The Hall–Kier alpha value is -0.610. The van der Waals surface area contributed by atoms with Gasteiger partial charge in [-0.3, -0.25) is 10.1 Å². The van der Waals surface area contributed by atoms with Crippen molar-refractivity contribution in [1.29, 1.82) is 0 Å². The number of carbonyl (C=O) groups is 1. The van der Waals surface area contributed by atoms with Crippen LogP contribution in [0.15, 0.2) is 0 Å². The molecule has 0 aromatic rings. The Balaban J connectivity index is 2.61. The fourth-order valence-electron chi connectivity index (χ4n) is 2.64. The number of hydrogen-bond acceptors (Lipinski definition) is 3. The van der Waals surface area contributed by atoms with Crippen molar-refractivity contribution in [3.8, 4) is 0 Å². The summed E-state index contributed by atoms with van der Waals surface area (Å²) in [5.41, 5.74) is -0.449. The van der Waals surface area contributed by atoms with Crippen LogP contribution in [0.1, 0.15) is 34.1 Å². The molecule has 0 aromatic heterocycles. The van der Waals surface area contributed by atoms with Gasteiger partial charge in [0.05, 0.1) is 5.54 Å². The summed E-state index contributed by atoms with van der Waals surface area (Å²) >= 11 is 0. The van der Waals surface area contributed by atoms with E-state index < -0.39 is 5.54 Å². The summed E-state index contributed by atoms with van der Waals surface area (Å²) in [6.45, 7) is 10.9. The van der Waals surface area contributed by atoms with E-state index in [4.69, 9.17) is 0 Å². The number of rotatable bonds is 4. The molecule has 0 aliphatic carbocycles. The predicted octanol–water partition coefficient (Wildman–Crippen LogP) is 0.927. The molecular formula is C13H27N3O. The molecule has 1 aliphatic heterocycles. The molecule has 17 heavy (non-hydrogen) atoms. The molecule has 1 rings (SSSR count). The third-order valence-electron chi connectivity index (χ3n) is 3.09. The molecule has 0 atom stereocenters. The third-order valence-corrected chi connectivity index (χ3v) is 3.09. The van der Waals surface area contributed by atoms with E-state index in [1.54, 1.807) is 0 Å². The zero-order chi connectivity index (χ0) is 13.3. The summed E-state index contributed by atoms with van der Waals surface area (Å²) in [5.74, 6) is 0.218. The monoisotopic (exact) mass is 241 g/mol. The number of nitrogens with one attached hydrogen (secondary N) is 1. The lowest BCUT2D eigenvalue weighted by molar-refractivity contribution is -0.143. The molecular weight excluding hydrogens is 214 g/mol. The number of nitrogens with zero attached hydrogens (tertiary/aromatic N) is 2. The van der Waals surface area contributed by atoms with E-state index in [9.17, 15) is 4.79 Å². The van der Waals surface area contributed by atoms with Gasteiger partial charge in [-0.2, -0.15) is 0 Å². The molecule has 4 nitrogen and oxygen atoms in total. The zero-order valence-corrected chi connectivity index (χ0v) is 12.1. The van der Waals surface area contributed by atoms with Crippen LogP contribution in [0.25, 0.3) is 0 Å². The standard InChI is InChI=1S/C13H27N3O/c1-12(2)10-16(9-7-8-15(5)6)11(17)13(3,4)14-12/h14H,7-10H2,1-6H3. The second kappa shape index (κ2) is 4.94. The van der Waals surface area contributed by atoms with Crippen molar-refractivity contribution >= 4 is 5.91 Å². The molecule has 1 amide bonds. The van der Waals surface area contributed by atoms with Gasteiger partial charge in [-0.15, -0.1) is 0 Å². The van der Waals surface area contributed by atoms with Crippen molar-refractivity contribution in [2.45, 2.75) is 45.2 Å². The van der Waals surface area contributed by atoms with Gasteiger partial charge in [-0.1, -0.05) is 0 Å². The van der Waals surface area contributed by atoms with Gasteiger partial charge < -0.3 is 9.80 Å². The van der Waals surface area contributed by atoms with Crippen LogP contribution in [0.5, 0.6) is 0 Å². The Labute approximate surface area is 105 Å². The third kappa shape index (κ3) is 3.96. The lowest BCUT2D eigenvalue weighted by Gasteiger charge is -2.47. The molecule has 0 saturated carbocycles. The Morgan fingerprint density at radius 2 is 1.88 bits per heavy atom. The molecule has 100 valence electrons. The first-order valence-corrected chi connectivity index (χ1v) is 6.37. The molecule has 1 saturated heterocycles. The van der Waals surface area contributed by atoms with Crippen LogP contribution in [0.4, 0.5) is 0 Å². The Morgan fingerprint density at radius 3 is 2.41 bits per heavy atom. The topological polar surface area (TPSA) is 35.6 Å². The first-order valence-electron chi connectivity index (χ1n) is 6.37. The van der Waals surface area contributed by atoms with E-state index in [-0.39, 0.29) is 11.4 Å². The summed E-state index contributed by atoms with van der Waals surface area (Å²) in [6, 6.07) is 0. The maximum Gasteiger partial charge on any atom is 0.242 e. The SMILES string of the molecule is CN(C)CCCN1CC(C)(C)NC(C)(C)C1=O. The minimum Gasteiger partial charge on any atom is -0.339 e. The molecule has 1 aliphatic rings. The number of carbonyl (C=O) groups excluding carboxylic acids is 1. The van der Waals surface area contributed by atoms with Gasteiger partial charge in [-0.25, -0.2) is 0 Å². The minimum absolute atomic E-state index is 0.00444. The highest BCUT2D eigenvalue weighted by Crippen LogP contribution is 2.22. The summed E-state index contributed by atoms with van der Waals surface area (Å²) < 4.78 is 0. The molecule has 4 heteroatoms. The second-order valence-corrected chi connectivity index (χ2v) is 6.52. The first kappa shape index (κ1) is 14.5. The van der Waals surface area contributed by atoms with E-state index in [1.165, 1.54) is 0 Å². The average Bonchev–Trinajstić information content (AvgIpc) is 2.10. The predicted molar refractivity (Wildman–Crippen MR) is 71.0 cm³/mol. The second-order valence-electron chi connectivity index (χ2n) is 6.52. The Kier molecular flexibility index (Phi) is 4.20. The summed E-state index contributed by atoms with van der Waals surface area (Å²) in [7, 11) is 4.13. The average molecular weight is 241 g/mol. The van der Waals surface area contributed by atoms with Gasteiger partial charge in [0.2, 0.25) is 5.91 Å². The quantitative estimate of drug-likeness (QED) is 0.795. The molecule has 0 radical (unpaired) electrons. The Bertz CT molecular complexity index is 284. The molecule has 1 fully saturated rings. The van der Waals surface area contributed by atoms with Crippen LogP contribution in [0, 0.1) is 0 Å². The van der Waals surface area contributed by atoms with Gasteiger partial charge >= 0.3 is 0 Å². The highest BCUT2D eigenvalue weighted by Gasteiger charge is 2.42. The van der Waals surface area contributed by atoms with Gasteiger partial charge in [0, 0.05) is 18.6 Å². The number of hydrogen-bond donors (Lipinski definition) is 1. The van der Waals surface area contributed by atoms with Crippen molar-refractivity contribution in [2.24, 2.45) is 0 Å². The normalized spacial score (nSPS) is 23.2. The maximum atomic E-state index is 12.3. The molecule has 1 N–H and O–H groups in total. The van der Waals surface area contributed by atoms with Crippen molar-refractivity contribution in [3.05, 3.63) is 0 Å². The van der Waals surface area contributed by atoms with Crippen LogP contribution >= 0.6 is 0 Å². The van der Waals surface area contributed by atoms with Crippen molar-refractivity contribution in [2.75, 3.05) is 33.7 Å². The van der Waals surface area contributed by atoms with Crippen LogP contribution in [0.2, 0.25) is 0 Å². The van der Waals surface area contributed by atoms with Crippen LogP contribution in [0.3, 0.4) is 0 Å². The lowest BCUT2D eigenvalue weighted by atomic mass is 9.90. The fraction of sp³-hybridized carbons (Fsp3) is 0.923. The summed E-state index contributed by atoms with van der Waals surface area (Å²) in [4.78, 5) is 16.4. The van der Waals surface area contributed by atoms with Gasteiger partial charge in [0.1, 0.15) is 0 Å². The van der Waals surface area contributed by atoms with Gasteiger partial charge in [-0.05, 0) is 54.8 Å². The molecule has 0 aromatic carbocycles. The Morgan fingerprint density at radius 1 is 1.29 bits per heavy atom. The number of amides is 1. The highest BCUT2D eigenvalue weighted by atomic mass is 16.2. The molecule has 0 bridgehead atoms. The van der Waals surface area contributed by atoms with Crippen LogP contribution in [-0.2, 0) is 4.79 Å². The van der Waals surface area contributed by atoms with Crippen LogP contribution < -0.4 is 5.32 Å². The van der Waals surface area contributed by atoms with E-state index in [0.717, 1.165) is 26.1 Å². The lowest BCUT2D eigenvalue weighted by Crippen LogP contribution is -2.69. The van der Waals surface area contributed by atoms with E-state index in [0.29, 0.717) is 0 Å². The summed E-state index contributed by atoms with van der Waals surface area (Å²) in [5, 5.41) is 3.41. The maximum absolute atomic E-state index is 12.3. The molecule has 1 heterocycles. The zero-order valence-electron chi connectivity index (χ0n) is 12.1. The smallest absolute Gasteiger partial charge is 0.242 e. The van der Waals surface area contributed by atoms with E-state index in [1.807, 2.05) is 18.7 Å². The molecule has 0 spiro atoms. The molecule has 0 unspecified atom stereocenters. The summed E-state index contributed by atoms with van der Waals surface area (Å²) in [6.07, 6.45) is 1.03. The van der Waals surface area contributed by atoms with Crippen molar-refractivity contribution in [3.63, 3.8) is 0 Å². The highest BCUT2D eigenvalue weighted by molar-refractivity contribution is 5.86. The van der Waals surface area contributed by atoms with E-state index in [2.05, 4.69) is 38.2 Å². The first-order chi connectivity index (χ1) is 7.64. The van der Waals surface area contributed by atoms with Crippen LogP contribution in [-0.4, -0.2) is 60.5 Å².